The monoisotopic (exact) mass is 266 g/mol. The molecular weight excluding hydrogens is 248 g/mol. The van der Waals surface area contributed by atoms with Crippen LogP contribution in [-0.2, 0) is 13.5 Å². The second-order valence-corrected chi connectivity index (χ2v) is 5.00. The maximum atomic E-state index is 4.18. The second-order valence-electron chi connectivity index (χ2n) is 5.00. The zero-order valence-electron chi connectivity index (χ0n) is 11.7. The highest BCUT2D eigenvalue weighted by Crippen LogP contribution is 2.26. The average Bonchev–Trinajstić information content (AvgIpc) is 2.89. The SMILES string of the molecule is CNC(Cc1cn(C)nn1)c1cccc2ccccc12. The molecule has 1 N–H and O–H groups in total. The summed E-state index contributed by atoms with van der Waals surface area (Å²) in [4.78, 5) is 0. The van der Waals surface area contributed by atoms with Crippen LogP contribution in [0, 0.1) is 0 Å². The molecule has 0 aliphatic heterocycles. The lowest BCUT2D eigenvalue weighted by atomic mass is 9.96. The molecule has 4 heteroatoms. The molecule has 0 radical (unpaired) electrons. The van der Waals surface area contributed by atoms with E-state index in [1.807, 2.05) is 20.3 Å². The molecule has 1 unspecified atom stereocenters. The molecule has 2 aromatic carbocycles. The molecule has 0 spiro atoms. The van der Waals surface area contributed by atoms with E-state index in [9.17, 15) is 0 Å². The van der Waals surface area contributed by atoms with Gasteiger partial charge in [0, 0.05) is 25.7 Å². The summed E-state index contributed by atoms with van der Waals surface area (Å²) in [5, 5.41) is 14.1. The highest BCUT2D eigenvalue weighted by atomic mass is 15.4. The third-order valence-electron chi connectivity index (χ3n) is 3.61. The number of rotatable bonds is 4. The minimum atomic E-state index is 0.234. The third-order valence-corrected chi connectivity index (χ3v) is 3.61. The number of likely N-dealkylation sites (N-methyl/N-ethyl adjacent to an activating group) is 1. The van der Waals surface area contributed by atoms with Gasteiger partial charge < -0.3 is 5.32 Å². The fourth-order valence-electron chi connectivity index (χ4n) is 2.62. The van der Waals surface area contributed by atoms with E-state index in [0.717, 1.165) is 12.1 Å². The van der Waals surface area contributed by atoms with Crippen LogP contribution in [0.5, 0.6) is 0 Å². The Morgan fingerprint density at radius 2 is 1.95 bits per heavy atom. The largest absolute Gasteiger partial charge is 0.313 e. The Morgan fingerprint density at radius 1 is 1.15 bits per heavy atom. The quantitative estimate of drug-likeness (QED) is 0.789. The lowest BCUT2D eigenvalue weighted by molar-refractivity contribution is 0.587. The van der Waals surface area contributed by atoms with Gasteiger partial charge in [0.2, 0.25) is 0 Å². The minimum Gasteiger partial charge on any atom is -0.313 e. The number of hydrogen-bond acceptors (Lipinski definition) is 3. The van der Waals surface area contributed by atoms with Crippen molar-refractivity contribution in [1.29, 1.82) is 0 Å². The van der Waals surface area contributed by atoms with Gasteiger partial charge in [-0.1, -0.05) is 47.7 Å². The van der Waals surface area contributed by atoms with Crippen molar-refractivity contribution in [3.63, 3.8) is 0 Å². The Kier molecular flexibility index (Phi) is 3.48. The molecule has 1 aromatic heterocycles. The first-order valence-corrected chi connectivity index (χ1v) is 6.78. The number of benzene rings is 2. The van der Waals surface area contributed by atoms with E-state index in [2.05, 4.69) is 58.1 Å². The van der Waals surface area contributed by atoms with Crippen molar-refractivity contribution in [2.24, 2.45) is 7.05 Å². The molecule has 0 amide bonds. The maximum absolute atomic E-state index is 4.18. The predicted molar refractivity (Wildman–Crippen MR) is 80.5 cm³/mol. The highest BCUT2D eigenvalue weighted by molar-refractivity contribution is 5.86. The fourth-order valence-corrected chi connectivity index (χ4v) is 2.62. The molecule has 0 saturated carbocycles. The summed E-state index contributed by atoms with van der Waals surface area (Å²) in [6.07, 6.45) is 2.80. The molecule has 20 heavy (non-hydrogen) atoms. The number of nitrogens with one attached hydrogen (secondary N) is 1. The summed E-state index contributed by atoms with van der Waals surface area (Å²) in [5.41, 5.74) is 2.30. The Hall–Kier alpha value is -2.20. The van der Waals surface area contributed by atoms with E-state index >= 15 is 0 Å². The van der Waals surface area contributed by atoms with Crippen molar-refractivity contribution in [1.82, 2.24) is 20.3 Å². The van der Waals surface area contributed by atoms with Gasteiger partial charge in [-0.15, -0.1) is 5.10 Å². The number of fused-ring (bicyclic) bond motifs is 1. The lowest BCUT2D eigenvalue weighted by Crippen LogP contribution is -2.19. The van der Waals surface area contributed by atoms with Gasteiger partial charge in [-0.05, 0) is 23.4 Å². The normalized spacial score (nSPS) is 12.7. The van der Waals surface area contributed by atoms with Crippen molar-refractivity contribution in [3.8, 4) is 0 Å². The Labute approximate surface area is 118 Å². The van der Waals surface area contributed by atoms with Crippen molar-refractivity contribution < 1.29 is 0 Å². The molecule has 0 bridgehead atoms. The molecule has 1 heterocycles. The van der Waals surface area contributed by atoms with Gasteiger partial charge in [0.15, 0.2) is 0 Å². The standard InChI is InChI=1S/C16H18N4/c1-17-16(10-13-11-20(2)19-18-13)15-9-5-7-12-6-3-4-8-14(12)15/h3-9,11,16-17H,10H2,1-2H3. The van der Waals surface area contributed by atoms with Gasteiger partial charge in [0.1, 0.15) is 0 Å². The van der Waals surface area contributed by atoms with Crippen LogP contribution in [0.4, 0.5) is 0 Å². The first kappa shape index (κ1) is 12.8. The summed E-state index contributed by atoms with van der Waals surface area (Å²) in [6, 6.07) is 15.1. The zero-order valence-corrected chi connectivity index (χ0v) is 11.7. The molecule has 0 aliphatic rings. The van der Waals surface area contributed by atoms with Crippen LogP contribution in [0.15, 0.2) is 48.7 Å². The molecule has 102 valence electrons. The van der Waals surface area contributed by atoms with Crippen LogP contribution in [0.2, 0.25) is 0 Å². The van der Waals surface area contributed by atoms with Gasteiger partial charge in [0.25, 0.3) is 0 Å². The Bertz CT molecular complexity index is 712. The molecule has 0 saturated heterocycles. The van der Waals surface area contributed by atoms with Crippen LogP contribution in [0.25, 0.3) is 10.8 Å². The van der Waals surface area contributed by atoms with Gasteiger partial charge in [0.05, 0.1) is 5.69 Å². The second kappa shape index (κ2) is 5.43. The summed E-state index contributed by atoms with van der Waals surface area (Å²) < 4.78 is 1.74. The van der Waals surface area contributed by atoms with E-state index in [1.165, 1.54) is 16.3 Å². The molecule has 0 aliphatic carbocycles. The lowest BCUT2D eigenvalue weighted by Gasteiger charge is -2.17. The molecule has 3 aromatic rings. The van der Waals surface area contributed by atoms with E-state index in [0.29, 0.717) is 0 Å². The number of aromatic nitrogens is 3. The number of aryl methyl sites for hydroxylation is 1. The third kappa shape index (κ3) is 2.42. The zero-order chi connectivity index (χ0) is 13.9. The fraction of sp³-hybridized carbons (Fsp3) is 0.250. The highest BCUT2D eigenvalue weighted by Gasteiger charge is 2.14. The van der Waals surface area contributed by atoms with Crippen LogP contribution in [0.3, 0.4) is 0 Å². The average molecular weight is 266 g/mol. The van der Waals surface area contributed by atoms with Crippen molar-refractivity contribution >= 4 is 10.8 Å². The van der Waals surface area contributed by atoms with Crippen LogP contribution in [-0.4, -0.2) is 22.0 Å². The molecule has 4 nitrogen and oxygen atoms in total. The Balaban J connectivity index is 1.98. The van der Waals surface area contributed by atoms with E-state index in [1.54, 1.807) is 4.68 Å². The minimum absolute atomic E-state index is 0.234. The van der Waals surface area contributed by atoms with Crippen LogP contribution in [0.1, 0.15) is 17.3 Å². The van der Waals surface area contributed by atoms with Gasteiger partial charge in [-0.25, -0.2) is 0 Å². The number of hydrogen-bond donors (Lipinski definition) is 1. The summed E-state index contributed by atoms with van der Waals surface area (Å²) in [6.45, 7) is 0. The number of nitrogens with zero attached hydrogens (tertiary/aromatic N) is 3. The topological polar surface area (TPSA) is 42.7 Å². The van der Waals surface area contributed by atoms with E-state index < -0.39 is 0 Å². The van der Waals surface area contributed by atoms with Crippen molar-refractivity contribution in [2.45, 2.75) is 12.5 Å². The first-order valence-electron chi connectivity index (χ1n) is 6.78. The summed E-state index contributed by atoms with van der Waals surface area (Å²) >= 11 is 0. The summed E-state index contributed by atoms with van der Waals surface area (Å²) in [5.74, 6) is 0. The van der Waals surface area contributed by atoms with Gasteiger partial charge in [-0.3, -0.25) is 4.68 Å². The smallest absolute Gasteiger partial charge is 0.0845 e. The van der Waals surface area contributed by atoms with E-state index in [4.69, 9.17) is 0 Å². The van der Waals surface area contributed by atoms with Gasteiger partial charge >= 0.3 is 0 Å². The summed E-state index contributed by atoms with van der Waals surface area (Å²) in [7, 11) is 3.88. The van der Waals surface area contributed by atoms with Crippen LogP contribution < -0.4 is 5.32 Å². The molecule has 1 atom stereocenters. The van der Waals surface area contributed by atoms with Crippen LogP contribution >= 0.6 is 0 Å². The maximum Gasteiger partial charge on any atom is 0.0845 e. The molecule has 3 rings (SSSR count). The Morgan fingerprint density at radius 3 is 2.70 bits per heavy atom. The first-order chi connectivity index (χ1) is 9.78. The van der Waals surface area contributed by atoms with Crippen molar-refractivity contribution in [3.05, 3.63) is 59.9 Å². The van der Waals surface area contributed by atoms with Gasteiger partial charge in [-0.2, -0.15) is 0 Å². The molecular formula is C16H18N4. The molecule has 0 fully saturated rings. The van der Waals surface area contributed by atoms with E-state index in [-0.39, 0.29) is 6.04 Å². The predicted octanol–water partition coefficient (Wildman–Crippen LogP) is 2.47. The van der Waals surface area contributed by atoms with Crippen molar-refractivity contribution in [2.75, 3.05) is 7.05 Å².